The van der Waals surface area contributed by atoms with E-state index in [1.165, 1.54) is 5.56 Å². The molecule has 2 aromatic rings. The van der Waals surface area contributed by atoms with Gasteiger partial charge in [0.05, 0.1) is 18.8 Å². The Morgan fingerprint density at radius 1 is 1.12 bits per heavy atom. The number of aliphatic imine (C=N–C) groups is 1. The van der Waals surface area contributed by atoms with E-state index in [0.29, 0.717) is 32.1 Å². The number of hydrogen-bond acceptors (Lipinski definition) is 4. The van der Waals surface area contributed by atoms with E-state index in [1.54, 1.807) is 7.05 Å². The molecule has 2 aliphatic heterocycles. The average molecular weight is 437 g/mol. The van der Waals surface area contributed by atoms with Gasteiger partial charge >= 0.3 is 0 Å². The van der Waals surface area contributed by atoms with E-state index in [0.717, 1.165) is 37.3 Å². The lowest BCUT2D eigenvalue weighted by Gasteiger charge is -2.22. The monoisotopic (exact) mass is 436 g/mol. The van der Waals surface area contributed by atoms with Gasteiger partial charge in [-0.1, -0.05) is 42.5 Å². The Bertz CT molecular complexity index is 912. The third kappa shape index (κ3) is 6.08. The van der Waals surface area contributed by atoms with Gasteiger partial charge in [-0.25, -0.2) is 0 Å². The van der Waals surface area contributed by atoms with Crippen LogP contribution in [0.15, 0.2) is 59.6 Å². The van der Waals surface area contributed by atoms with Gasteiger partial charge in [0.15, 0.2) is 5.96 Å². The Kier molecular flexibility index (Phi) is 7.74. The Morgan fingerprint density at radius 2 is 1.91 bits per heavy atom. The van der Waals surface area contributed by atoms with Crippen molar-refractivity contribution in [3.05, 3.63) is 65.7 Å². The first-order chi connectivity index (χ1) is 15.7. The molecule has 0 aliphatic carbocycles. The maximum Gasteiger partial charge on any atom is 0.229 e. The van der Waals surface area contributed by atoms with Crippen molar-refractivity contribution < 1.29 is 14.3 Å². The van der Waals surface area contributed by atoms with Gasteiger partial charge in [-0.15, -0.1) is 0 Å². The summed E-state index contributed by atoms with van der Waals surface area (Å²) in [6, 6.07) is 18.2. The Hall–Kier alpha value is -2.90. The number of nitrogens with one attached hydrogen (secondary N) is 2. The smallest absolute Gasteiger partial charge is 0.229 e. The first kappa shape index (κ1) is 22.3. The van der Waals surface area contributed by atoms with Crippen molar-refractivity contribution in [2.24, 2.45) is 4.99 Å². The molecule has 2 aliphatic rings. The standard InChI is InChI=1S/C25H32N4O3/c1-26-25(28-21-15-24(30)29(17-21)22-8-3-2-4-9-22)27-16-19-6-5-7-20(14-19)18-32-23-10-12-31-13-11-23/h2-9,14,21,23H,10-13,15-18H2,1H3,(H2,26,27,28). The summed E-state index contributed by atoms with van der Waals surface area (Å²) in [4.78, 5) is 18.6. The van der Waals surface area contributed by atoms with Crippen molar-refractivity contribution in [2.45, 2.75) is 44.6 Å². The zero-order chi connectivity index (χ0) is 22.2. The first-order valence-electron chi connectivity index (χ1n) is 11.3. The topological polar surface area (TPSA) is 75.2 Å². The zero-order valence-electron chi connectivity index (χ0n) is 18.6. The summed E-state index contributed by atoms with van der Waals surface area (Å²) in [7, 11) is 1.75. The molecule has 32 heavy (non-hydrogen) atoms. The highest BCUT2D eigenvalue weighted by atomic mass is 16.5. The van der Waals surface area contributed by atoms with Gasteiger partial charge in [-0.3, -0.25) is 9.79 Å². The highest BCUT2D eigenvalue weighted by Gasteiger charge is 2.31. The molecule has 2 fully saturated rings. The fourth-order valence-corrected chi connectivity index (χ4v) is 4.12. The minimum atomic E-state index is 0.0214. The molecule has 2 saturated heterocycles. The van der Waals surface area contributed by atoms with Crippen molar-refractivity contribution in [3.8, 4) is 0 Å². The molecule has 2 heterocycles. The molecule has 0 aromatic heterocycles. The summed E-state index contributed by atoms with van der Waals surface area (Å²) in [6.45, 7) is 3.47. The third-order valence-electron chi connectivity index (χ3n) is 5.86. The van der Waals surface area contributed by atoms with E-state index in [-0.39, 0.29) is 18.1 Å². The average Bonchev–Trinajstić information content (AvgIpc) is 3.22. The van der Waals surface area contributed by atoms with Crippen LogP contribution in [-0.4, -0.2) is 50.8 Å². The maximum absolute atomic E-state index is 12.5. The molecule has 4 rings (SSSR count). The van der Waals surface area contributed by atoms with E-state index in [4.69, 9.17) is 9.47 Å². The summed E-state index contributed by atoms with van der Waals surface area (Å²) in [5.74, 6) is 0.822. The van der Waals surface area contributed by atoms with E-state index >= 15 is 0 Å². The molecule has 2 aromatic carbocycles. The van der Waals surface area contributed by atoms with E-state index in [9.17, 15) is 4.79 Å². The number of benzene rings is 2. The number of ether oxygens (including phenoxy) is 2. The molecule has 2 N–H and O–H groups in total. The lowest BCUT2D eigenvalue weighted by atomic mass is 10.1. The number of guanidine groups is 1. The van der Waals surface area contributed by atoms with Crippen LogP contribution in [0.25, 0.3) is 0 Å². The maximum atomic E-state index is 12.5. The van der Waals surface area contributed by atoms with E-state index in [2.05, 4.69) is 39.9 Å². The molecular formula is C25H32N4O3. The number of carbonyl (C=O) groups is 1. The van der Waals surface area contributed by atoms with Gasteiger partial charge in [0.2, 0.25) is 5.91 Å². The molecule has 0 spiro atoms. The normalized spacial score (nSPS) is 19.9. The van der Waals surface area contributed by atoms with Crippen molar-refractivity contribution >= 4 is 17.6 Å². The third-order valence-corrected chi connectivity index (χ3v) is 5.86. The van der Waals surface area contributed by atoms with Crippen LogP contribution in [0.4, 0.5) is 5.69 Å². The number of rotatable bonds is 7. The van der Waals surface area contributed by atoms with Gasteiger partial charge in [-0.05, 0) is 36.1 Å². The predicted molar refractivity (Wildman–Crippen MR) is 126 cm³/mol. The van der Waals surface area contributed by atoms with Crippen LogP contribution in [0.3, 0.4) is 0 Å². The molecule has 0 saturated carbocycles. The fraction of sp³-hybridized carbons (Fsp3) is 0.440. The number of carbonyl (C=O) groups excluding carboxylic acids is 1. The highest BCUT2D eigenvalue weighted by Crippen LogP contribution is 2.21. The minimum Gasteiger partial charge on any atom is -0.381 e. The van der Waals surface area contributed by atoms with Crippen molar-refractivity contribution in [3.63, 3.8) is 0 Å². The van der Waals surface area contributed by atoms with Crippen LogP contribution in [0.1, 0.15) is 30.4 Å². The lowest BCUT2D eigenvalue weighted by Crippen LogP contribution is -2.44. The molecule has 170 valence electrons. The van der Waals surface area contributed by atoms with Gasteiger partial charge in [0, 0.05) is 45.5 Å². The zero-order valence-corrected chi connectivity index (χ0v) is 18.6. The Morgan fingerprint density at radius 3 is 2.69 bits per heavy atom. The Labute approximate surface area is 189 Å². The second kappa shape index (κ2) is 11.1. The number of para-hydroxylation sites is 1. The van der Waals surface area contributed by atoms with Crippen LogP contribution >= 0.6 is 0 Å². The van der Waals surface area contributed by atoms with E-state index in [1.807, 2.05) is 35.2 Å². The Balaban J connectivity index is 1.26. The van der Waals surface area contributed by atoms with Crippen molar-refractivity contribution in [2.75, 3.05) is 31.7 Å². The number of nitrogens with zero attached hydrogens (tertiary/aromatic N) is 2. The van der Waals surface area contributed by atoms with Gasteiger partial charge in [0.25, 0.3) is 0 Å². The molecule has 0 bridgehead atoms. The number of anilines is 1. The van der Waals surface area contributed by atoms with Crippen LogP contribution in [0, 0.1) is 0 Å². The van der Waals surface area contributed by atoms with Crippen molar-refractivity contribution in [1.29, 1.82) is 0 Å². The highest BCUT2D eigenvalue weighted by molar-refractivity contribution is 5.97. The van der Waals surface area contributed by atoms with Crippen LogP contribution in [0.5, 0.6) is 0 Å². The van der Waals surface area contributed by atoms with Crippen molar-refractivity contribution in [1.82, 2.24) is 10.6 Å². The second-order valence-corrected chi connectivity index (χ2v) is 8.25. The summed E-state index contributed by atoms with van der Waals surface area (Å²) in [5, 5.41) is 6.76. The van der Waals surface area contributed by atoms with E-state index < -0.39 is 0 Å². The summed E-state index contributed by atoms with van der Waals surface area (Å²) >= 11 is 0. The molecule has 7 nitrogen and oxygen atoms in total. The largest absolute Gasteiger partial charge is 0.381 e. The van der Waals surface area contributed by atoms with Gasteiger partial charge in [0.1, 0.15) is 0 Å². The molecule has 1 amide bonds. The number of hydrogen-bond donors (Lipinski definition) is 2. The lowest BCUT2D eigenvalue weighted by molar-refractivity contribution is -0.117. The first-order valence-corrected chi connectivity index (χ1v) is 11.3. The van der Waals surface area contributed by atoms with Gasteiger partial charge in [-0.2, -0.15) is 0 Å². The van der Waals surface area contributed by atoms with Crippen LogP contribution in [0.2, 0.25) is 0 Å². The molecule has 0 radical (unpaired) electrons. The van der Waals surface area contributed by atoms with Gasteiger partial charge < -0.3 is 25.0 Å². The SMILES string of the molecule is CN=C(NCc1cccc(COC2CCOCC2)c1)NC1CC(=O)N(c2ccccc2)C1. The summed E-state index contributed by atoms with van der Waals surface area (Å²) in [6.07, 6.45) is 2.68. The van der Waals surface area contributed by atoms with Crippen LogP contribution < -0.4 is 15.5 Å². The summed E-state index contributed by atoms with van der Waals surface area (Å²) < 4.78 is 11.4. The summed E-state index contributed by atoms with van der Waals surface area (Å²) in [5.41, 5.74) is 3.26. The fourth-order valence-electron chi connectivity index (χ4n) is 4.12. The molecule has 1 unspecified atom stereocenters. The second-order valence-electron chi connectivity index (χ2n) is 8.25. The predicted octanol–water partition coefficient (Wildman–Crippen LogP) is 2.85. The number of amides is 1. The molecular weight excluding hydrogens is 404 g/mol. The quantitative estimate of drug-likeness (QED) is 0.516. The minimum absolute atomic E-state index is 0.0214. The molecule has 1 atom stereocenters. The molecule has 7 heteroatoms. The van der Waals surface area contributed by atoms with Crippen LogP contribution in [-0.2, 0) is 27.4 Å².